The lowest BCUT2D eigenvalue weighted by Gasteiger charge is -2.14. The summed E-state index contributed by atoms with van der Waals surface area (Å²) >= 11 is 0. The molecule has 0 spiro atoms. The summed E-state index contributed by atoms with van der Waals surface area (Å²) < 4.78 is 7.28. The van der Waals surface area contributed by atoms with Crippen LogP contribution in [0.1, 0.15) is 0 Å². The first kappa shape index (κ1) is 28.6. The van der Waals surface area contributed by atoms with Gasteiger partial charge in [0.05, 0.1) is 33.1 Å². The molecule has 3 aromatic heterocycles. The van der Waals surface area contributed by atoms with E-state index in [2.05, 4.69) is 202 Å². The first-order valence-electron chi connectivity index (χ1n) is 18.3. The number of rotatable bonds is 3. The van der Waals surface area contributed by atoms with Gasteiger partial charge in [0.25, 0.3) is 0 Å². The van der Waals surface area contributed by atoms with E-state index in [9.17, 15) is 0 Å². The van der Waals surface area contributed by atoms with Crippen molar-refractivity contribution < 1.29 is 0 Å². The molecular weight excluding hydrogens is 643 g/mol. The van der Waals surface area contributed by atoms with Gasteiger partial charge < -0.3 is 13.7 Å². The summed E-state index contributed by atoms with van der Waals surface area (Å²) in [5.74, 6) is 0. The number of fused-ring (bicyclic) bond motifs is 14. The van der Waals surface area contributed by atoms with Gasteiger partial charge in [-0.15, -0.1) is 0 Å². The Hall–Kier alpha value is -7.10. The molecule has 3 heteroatoms. The van der Waals surface area contributed by atoms with E-state index < -0.39 is 0 Å². The van der Waals surface area contributed by atoms with E-state index in [-0.39, 0.29) is 0 Å². The van der Waals surface area contributed by atoms with E-state index >= 15 is 0 Å². The highest BCUT2D eigenvalue weighted by atomic mass is 15.0. The predicted molar refractivity (Wildman–Crippen MR) is 224 cm³/mol. The van der Waals surface area contributed by atoms with E-state index in [0.29, 0.717) is 0 Å². The van der Waals surface area contributed by atoms with Crippen molar-refractivity contribution in [2.24, 2.45) is 0 Å². The van der Waals surface area contributed by atoms with Gasteiger partial charge in [0.2, 0.25) is 0 Å². The van der Waals surface area contributed by atoms with Crippen molar-refractivity contribution in [3.8, 4) is 17.1 Å². The van der Waals surface area contributed by atoms with Gasteiger partial charge >= 0.3 is 0 Å². The summed E-state index contributed by atoms with van der Waals surface area (Å²) in [6.45, 7) is 0. The molecule has 3 nitrogen and oxygen atoms in total. The van der Waals surface area contributed by atoms with Gasteiger partial charge in [-0.3, -0.25) is 0 Å². The molecule has 0 amide bonds. The lowest BCUT2D eigenvalue weighted by molar-refractivity contribution is 1.15. The molecule has 0 aliphatic heterocycles. The van der Waals surface area contributed by atoms with Gasteiger partial charge in [-0.1, -0.05) is 121 Å². The number of para-hydroxylation sites is 5. The van der Waals surface area contributed by atoms with E-state index in [1.54, 1.807) is 0 Å². The molecule has 53 heavy (non-hydrogen) atoms. The van der Waals surface area contributed by atoms with Crippen LogP contribution in [0.15, 0.2) is 188 Å². The van der Waals surface area contributed by atoms with E-state index in [0.717, 1.165) is 11.4 Å². The van der Waals surface area contributed by atoms with Gasteiger partial charge in [0.1, 0.15) is 0 Å². The Kier molecular flexibility index (Phi) is 5.77. The zero-order valence-corrected chi connectivity index (χ0v) is 28.7. The number of aromatic nitrogens is 3. The van der Waals surface area contributed by atoms with E-state index in [1.807, 2.05) is 0 Å². The molecular formula is C50H31N3. The molecule has 0 unspecified atom stereocenters. The molecule has 0 atom stereocenters. The van der Waals surface area contributed by atoms with Crippen molar-refractivity contribution in [3.05, 3.63) is 188 Å². The molecule has 246 valence electrons. The number of nitrogens with zero attached hydrogens (tertiary/aromatic N) is 3. The third-order valence-electron chi connectivity index (χ3n) is 11.4. The third kappa shape index (κ3) is 3.88. The fourth-order valence-corrected chi connectivity index (χ4v) is 9.22. The molecule has 0 radical (unpaired) electrons. The van der Waals surface area contributed by atoms with Gasteiger partial charge in [0, 0.05) is 54.8 Å². The smallest absolute Gasteiger partial charge is 0.0619 e. The van der Waals surface area contributed by atoms with Crippen LogP contribution in [0.3, 0.4) is 0 Å². The maximum absolute atomic E-state index is 2.47. The Morgan fingerprint density at radius 3 is 1.30 bits per heavy atom. The topological polar surface area (TPSA) is 14.8 Å². The molecule has 12 aromatic rings. The minimum atomic E-state index is 1.15. The summed E-state index contributed by atoms with van der Waals surface area (Å²) in [4.78, 5) is 0. The Labute approximate surface area is 304 Å². The molecule has 0 N–H and O–H groups in total. The Morgan fingerprint density at radius 2 is 0.642 bits per heavy atom. The second-order valence-electron chi connectivity index (χ2n) is 14.1. The maximum atomic E-state index is 2.47. The van der Waals surface area contributed by atoms with Crippen LogP contribution in [-0.4, -0.2) is 13.7 Å². The quantitative estimate of drug-likeness (QED) is 0.166. The second-order valence-corrected chi connectivity index (χ2v) is 14.1. The molecule has 3 heterocycles. The van der Waals surface area contributed by atoms with E-state index in [1.165, 1.54) is 92.6 Å². The number of hydrogen-bond acceptors (Lipinski definition) is 0. The lowest BCUT2D eigenvalue weighted by Crippen LogP contribution is -1.97. The Bertz CT molecular complexity index is 3380. The van der Waals surface area contributed by atoms with Crippen LogP contribution in [-0.2, 0) is 0 Å². The normalized spacial score (nSPS) is 12.2. The number of hydrogen-bond donors (Lipinski definition) is 0. The number of benzene rings is 9. The van der Waals surface area contributed by atoms with Gasteiger partial charge in [-0.25, -0.2) is 0 Å². The Morgan fingerprint density at radius 1 is 0.226 bits per heavy atom. The fourth-order valence-electron chi connectivity index (χ4n) is 9.22. The van der Waals surface area contributed by atoms with Gasteiger partial charge in [-0.2, -0.15) is 0 Å². The Balaban J connectivity index is 1.15. The van der Waals surface area contributed by atoms with Crippen LogP contribution in [0.5, 0.6) is 0 Å². The zero-order valence-electron chi connectivity index (χ0n) is 28.7. The van der Waals surface area contributed by atoms with Crippen LogP contribution in [0.4, 0.5) is 0 Å². The zero-order chi connectivity index (χ0) is 34.6. The molecule has 0 fully saturated rings. The van der Waals surface area contributed by atoms with Crippen molar-refractivity contribution in [1.29, 1.82) is 0 Å². The van der Waals surface area contributed by atoms with Crippen molar-refractivity contribution >= 4 is 87.0 Å². The highest BCUT2D eigenvalue weighted by Crippen LogP contribution is 2.43. The first-order valence-corrected chi connectivity index (χ1v) is 18.3. The molecule has 12 rings (SSSR count). The van der Waals surface area contributed by atoms with Crippen molar-refractivity contribution in [1.82, 2.24) is 13.7 Å². The van der Waals surface area contributed by atoms with Gasteiger partial charge in [0.15, 0.2) is 0 Å². The summed E-state index contributed by atoms with van der Waals surface area (Å²) in [5.41, 5.74) is 10.8. The van der Waals surface area contributed by atoms with E-state index in [4.69, 9.17) is 0 Å². The summed E-state index contributed by atoms with van der Waals surface area (Å²) in [6.07, 6.45) is 0. The van der Waals surface area contributed by atoms with Crippen LogP contribution < -0.4 is 0 Å². The maximum Gasteiger partial charge on any atom is 0.0619 e. The predicted octanol–water partition coefficient (Wildman–Crippen LogP) is 13.3. The minimum Gasteiger partial charge on any atom is -0.309 e. The van der Waals surface area contributed by atoms with Crippen LogP contribution >= 0.6 is 0 Å². The van der Waals surface area contributed by atoms with Crippen molar-refractivity contribution in [2.45, 2.75) is 0 Å². The first-order chi connectivity index (χ1) is 26.3. The summed E-state index contributed by atoms with van der Waals surface area (Å²) in [7, 11) is 0. The molecule has 0 saturated carbocycles. The van der Waals surface area contributed by atoms with Gasteiger partial charge in [-0.05, 0) is 82.9 Å². The standard InChI is InChI=1S/C50H31N3/c1-2-12-33(13-3-1)52-46-21-11-7-17-42(46)49-47(52)31-23-32-22-28-41-39(48(32)49)29-30-40-38-16-6-10-20-45(38)53(50(40)41)35-26-24-34(25-27-35)51-43-18-8-4-14-36(43)37-15-5-9-19-44(37)51/h1-31H. The van der Waals surface area contributed by atoms with Crippen LogP contribution in [0.25, 0.3) is 104 Å². The van der Waals surface area contributed by atoms with Crippen LogP contribution in [0, 0.1) is 0 Å². The second kappa shape index (κ2) is 10.7. The largest absolute Gasteiger partial charge is 0.309 e. The molecule has 0 aliphatic rings. The summed E-state index contributed by atoms with van der Waals surface area (Å²) in [5, 5.41) is 12.7. The third-order valence-corrected chi connectivity index (χ3v) is 11.4. The monoisotopic (exact) mass is 673 g/mol. The SMILES string of the molecule is c1ccc(-n2c3ccccc3c3c4c(ccc5c4ccc4c6ccccc6n(-c6ccc(-n7c8ccccc8c8ccccc87)cc6)c54)ccc32)cc1. The lowest BCUT2D eigenvalue weighted by atomic mass is 9.96. The highest BCUT2D eigenvalue weighted by Gasteiger charge is 2.20. The summed E-state index contributed by atoms with van der Waals surface area (Å²) in [6, 6.07) is 68.9. The van der Waals surface area contributed by atoms with Crippen molar-refractivity contribution in [3.63, 3.8) is 0 Å². The average molecular weight is 674 g/mol. The average Bonchev–Trinajstić information content (AvgIpc) is 3.87. The molecule has 0 saturated heterocycles. The fraction of sp³-hybridized carbons (Fsp3) is 0. The van der Waals surface area contributed by atoms with Crippen LogP contribution in [0.2, 0.25) is 0 Å². The van der Waals surface area contributed by atoms with Crippen molar-refractivity contribution in [2.75, 3.05) is 0 Å². The molecule has 9 aromatic carbocycles. The molecule has 0 aliphatic carbocycles. The molecule has 0 bridgehead atoms. The minimum absolute atomic E-state index is 1.15. The highest BCUT2D eigenvalue weighted by molar-refractivity contribution is 6.31.